The molecule has 3 amide bonds. The Hall–Kier alpha value is -2.97. The number of nitrogens with one attached hydrogen (secondary N) is 1. The van der Waals surface area contributed by atoms with Crippen LogP contribution in [0.4, 0.5) is 14.9 Å². The van der Waals surface area contributed by atoms with Gasteiger partial charge in [-0.2, -0.15) is 0 Å². The minimum Gasteiger partial charge on any atom is -0.337 e. The molecule has 9 heteroatoms. The number of amides is 3. The second-order valence-corrected chi connectivity index (χ2v) is 7.91. The van der Waals surface area contributed by atoms with Crippen molar-refractivity contribution in [1.82, 2.24) is 24.8 Å². The zero-order valence-corrected chi connectivity index (χ0v) is 17.0. The Labute approximate surface area is 175 Å². The molecule has 1 aromatic heterocycles. The Morgan fingerprint density at radius 2 is 1.87 bits per heavy atom. The first-order chi connectivity index (χ1) is 14.6. The van der Waals surface area contributed by atoms with Gasteiger partial charge >= 0.3 is 6.03 Å². The molecule has 0 saturated carbocycles. The lowest BCUT2D eigenvalue weighted by atomic mass is 10.00. The number of urea groups is 1. The van der Waals surface area contributed by atoms with Gasteiger partial charge < -0.3 is 15.1 Å². The minimum absolute atomic E-state index is 0.0347. The quantitative estimate of drug-likeness (QED) is 0.815. The first-order valence-electron chi connectivity index (χ1n) is 10.6. The average molecular weight is 414 g/mol. The zero-order valence-electron chi connectivity index (χ0n) is 17.0. The van der Waals surface area contributed by atoms with E-state index >= 15 is 0 Å². The summed E-state index contributed by atoms with van der Waals surface area (Å²) >= 11 is 0. The number of nitrogens with zero attached hydrogens (tertiary/aromatic N) is 5. The number of carbonyl (C=O) groups is 2. The topological polar surface area (TPSA) is 83.4 Å². The largest absolute Gasteiger partial charge is 0.337 e. The maximum Gasteiger partial charge on any atom is 0.322 e. The molecule has 0 radical (unpaired) electrons. The number of para-hydroxylation sites is 1. The Morgan fingerprint density at radius 3 is 2.67 bits per heavy atom. The van der Waals surface area contributed by atoms with Gasteiger partial charge in [0.25, 0.3) is 5.91 Å². The molecular formula is C21H27FN6O2. The molecule has 2 aliphatic heterocycles. The second kappa shape index (κ2) is 9.23. The van der Waals surface area contributed by atoms with Crippen LogP contribution < -0.4 is 5.32 Å². The lowest BCUT2D eigenvalue weighted by Gasteiger charge is -2.35. The van der Waals surface area contributed by atoms with Crippen molar-refractivity contribution in [1.29, 1.82) is 0 Å². The van der Waals surface area contributed by atoms with Crippen LogP contribution in [0.3, 0.4) is 0 Å². The van der Waals surface area contributed by atoms with Gasteiger partial charge in [-0.15, -0.1) is 5.10 Å². The van der Waals surface area contributed by atoms with Crippen molar-refractivity contribution in [3.63, 3.8) is 0 Å². The number of anilines is 1. The molecule has 0 aliphatic carbocycles. The normalized spacial score (nSPS) is 19.2. The van der Waals surface area contributed by atoms with E-state index in [0.717, 1.165) is 45.2 Å². The molecule has 0 bridgehead atoms. The van der Waals surface area contributed by atoms with Gasteiger partial charge in [0.2, 0.25) is 0 Å². The number of rotatable bonds is 5. The average Bonchev–Trinajstić information content (AvgIpc) is 3.46. The number of carbonyl (C=O) groups excluding carboxylic acids is 2. The van der Waals surface area contributed by atoms with Gasteiger partial charge in [0.05, 0.1) is 11.9 Å². The number of hydrogen-bond donors (Lipinski definition) is 1. The van der Waals surface area contributed by atoms with Crippen LogP contribution in [0.15, 0.2) is 30.5 Å². The summed E-state index contributed by atoms with van der Waals surface area (Å²) in [6.07, 6.45) is 7.32. The van der Waals surface area contributed by atoms with E-state index in [1.165, 1.54) is 6.07 Å². The van der Waals surface area contributed by atoms with E-state index in [2.05, 4.69) is 15.6 Å². The number of likely N-dealkylation sites (tertiary alicyclic amines) is 2. The predicted octanol–water partition coefficient (Wildman–Crippen LogP) is 3.13. The summed E-state index contributed by atoms with van der Waals surface area (Å²) in [6, 6.07) is 5.92. The Morgan fingerprint density at radius 1 is 1.10 bits per heavy atom. The number of hydrogen-bond acceptors (Lipinski definition) is 4. The van der Waals surface area contributed by atoms with Crippen molar-refractivity contribution < 1.29 is 14.0 Å². The summed E-state index contributed by atoms with van der Waals surface area (Å²) < 4.78 is 15.6. The third kappa shape index (κ3) is 4.60. The van der Waals surface area contributed by atoms with Crippen molar-refractivity contribution in [3.8, 4) is 0 Å². The highest BCUT2D eigenvalue weighted by Gasteiger charge is 2.27. The number of aromatic nitrogens is 3. The van der Waals surface area contributed by atoms with Crippen molar-refractivity contribution in [2.24, 2.45) is 0 Å². The fraction of sp³-hybridized carbons (Fsp3) is 0.524. The number of benzene rings is 1. The number of aryl methyl sites for hydroxylation is 1. The summed E-state index contributed by atoms with van der Waals surface area (Å²) in [5.74, 6) is -0.514. The van der Waals surface area contributed by atoms with Crippen LogP contribution in [-0.4, -0.2) is 62.4 Å². The van der Waals surface area contributed by atoms with Crippen LogP contribution in [0.5, 0.6) is 0 Å². The standard InChI is InChI=1S/C21H27FN6O2/c22-17-8-1-2-9-18(17)23-21(30)28-13-4-3-7-16(28)10-14-27-15-19(24-25-27)20(29)26-11-5-6-12-26/h1-2,8-9,15-16H,3-7,10-14H2,(H,23,30). The summed E-state index contributed by atoms with van der Waals surface area (Å²) in [6.45, 7) is 2.76. The molecule has 3 heterocycles. The maximum atomic E-state index is 13.9. The van der Waals surface area contributed by atoms with Crippen LogP contribution in [-0.2, 0) is 6.54 Å². The maximum absolute atomic E-state index is 13.9. The van der Waals surface area contributed by atoms with E-state index in [-0.39, 0.29) is 23.7 Å². The van der Waals surface area contributed by atoms with Gasteiger partial charge in [-0.3, -0.25) is 9.48 Å². The Balaban J connectivity index is 1.35. The molecule has 30 heavy (non-hydrogen) atoms. The van der Waals surface area contributed by atoms with Crippen LogP contribution >= 0.6 is 0 Å². The van der Waals surface area contributed by atoms with Crippen molar-refractivity contribution in [2.75, 3.05) is 25.0 Å². The highest BCUT2D eigenvalue weighted by molar-refractivity contribution is 5.92. The van der Waals surface area contributed by atoms with Crippen molar-refractivity contribution in [3.05, 3.63) is 42.0 Å². The summed E-state index contributed by atoms with van der Waals surface area (Å²) in [5, 5.41) is 10.8. The number of halogens is 1. The molecule has 2 aromatic rings. The van der Waals surface area contributed by atoms with E-state index in [4.69, 9.17) is 0 Å². The highest BCUT2D eigenvalue weighted by atomic mass is 19.1. The Bertz CT molecular complexity index is 895. The predicted molar refractivity (Wildman–Crippen MR) is 110 cm³/mol. The summed E-state index contributed by atoms with van der Waals surface area (Å²) in [4.78, 5) is 28.8. The molecule has 1 atom stereocenters. The minimum atomic E-state index is -0.447. The van der Waals surface area contributed by atoms with E-state index in [0.29, 0.717) is 25.2 Å². The Kier molecular flexibility index (Phi) is 6.25. The molecule has 160 valence electrons. The SMILES string of the molecule is O=C(c1cn(CCC2CCCCN2C(=O)Nc2ccccc2F)nn1)N1CCCC1. The molecular weight excluding hydrogens is 387 g/mol. The molecule has 2 saturated heterocycles. The van der Waals surface area contributed by atoms with Gasteiger partial charge in [0.15, 0.2) is 5.69 Å². The van der Waals surface area contributed by atoms with E-state index < -0.39 is 5.82 Å². The van der Waals surface area contributed by atoms with Crippen molar-refractivity contribution >= 4 is 17.6 Å². The molecule has 8 nitrogen and oxygen atoms in total. The second-order valence-electron chi connectivity index (χ2n) is 7.91. The zero-order chi connectivity index (χ0) is 20.9. The molecule has 1 N–H and O–H groups in total. The van der Waals surface area contributed by atoms with Crippen LogP contribution in [0.1, 0.15) is 49.0 Å². The van der Waals surface area contributed by atoms with E-state index in [1.807, 2.05) is 4.90 Å². The van der Waals surface area contributed by atoms with Crippen LogP contribution in [0, 0.1) is 5.82 Å². The van der Waals surface area contributed by atoms with Crippen LogP contribution in [0.2, 0.25) is 0 Å². The first kappa shape index (κ1) is 20.3. The van der Waals surface area contributed by atoms with Gasteiger partial charge in [0.1, 0.15) is 5.82 Å². The third-order valence-corrected chi connectivity index (χ3v) is 5.85. The van der Waals surface area contributed by atoms with E-state index in [9.17, 15) is 14.0 Å². The lowest BCUT2D eigenvalue weighted by molar-refractivity contribution is 0.0787. The van der Waals surface area contributed by atoms with Gasteiger partial charge in [-0.05, 0) is 50.7 Å². The third-order valence-electron chi connectivity index (χ3n) is 5.85. The first-order valence-corrected chi connectivity index (χ1v) is 10.6. The number of piperidine rings is 1. The van der Waals surface area contributed by atoms with Gasteiger partial charge in [0, 0.05) is 32.2 Å². The van der Waals surface area contributed by atoms with Gasteiger partial charge in [-0.25, -0.2) is 9.18 Å². The molecule has 0 spiro atoms. The van der Waals surface area contributed by atoms with Crippen LogP contribution in [0.25, 0.3) is 0 Å². The molecule has 1 aromatic carbocycles. The molecule has 4 rings (SSSR count). The smallest absolute Gasteiger partial charge is 0.322 e. The summed E-state index contributed by atoms with van der Waals surface area (Å²) in [5.41, 5.74) is 0.558. The lowest BCUT2D eigenvalue weighted by Crippen LogP contribution is -2.46. The van der Waals surface area contributed by atoms with Crippen molar-refractivity contribution in [2.45, 2.75) is 51.1 Å². The summed E-state index contributed by atoms with van der Waals surface area (Å²) in [7, 11) is 0. The fourth-order valence-electron chi connectivity index (χ4n) is 4.19. The highest BCUT2D eigenvalue weighted by Crippen LogP contribution is 2.22. The fourth-order valence-corrected chi connectivity index (χ4v) is 4.19. The van der Waals surface area contributed by atoms with Gasteiger partial charge in [-0.1, -0.05) is 17.3 Å². The van der Waals surface area contributed by atoms with E-state index in [1.54, 1.807) is 34.0 Å². The molecule has 2 aliphatic rings. The molecule has 1 unspecified atom stereocenters. The molecule has 2 fully saturated rings. The monoisotopic (exact) mass is 414 g/mol.